The number of rotatable bonds is 6. The van der Waals surface area contributed by atoms with Gasteiger partial charge in [0, 0.05) is 0 Å². The molecule has 1 amide bonds. The van der Waals surface area contributed by atoms with E-state index >= 15 is 0 Å². The molecule has 0 aromatic heterocycles. The second-order valence-corrected chi connectivity index (χ2v) is 7.81. The molecule has 6 heteroatoms. The Labute approximate surface area is 163 Å². The van der Waals surface area contributed by atoms with E-state index in [0.717, 1.165) is 16.9 Å². The monoisotopic (exact) mass is 381 g/mol. The van der Waals surface area contributed by atoms with Crippen LogP contribution in [0.4, 0.5) is 0 Å². The number of methoxy groups -OCH3 is 1. The fraction of sp³-hybridized carbons (Fsp3) is 0.286. The summed E-state index contributed by atoms with van der Waals surface area (Å²) in [6.07, 6.45) is 2.33. The number of ether oxygens (including phenoxy) is 1. The van der Waals surface area contributed by atoms with Crippen molar-refractivity contribution in [3.63, 3.8) is 0 Å². The minimum Gasteiger partial charge on any atom is -0.497 e. The summed E-state index contributed by atoms with van der Waals surface area (Å²) in [5.74, 6) is 1.27. The molecule has 2 aromatic carbocycles. The predicted octanol–water partition coefficient (Wildman–Crippen LogP) is 3.98. The van der Waals surface area contributed by atoms with Crippen LogP contribution < -0.4 is 10.1 Å². The SMILES string of the molecule is COc1ccc(C[C@@H]2S/C(=N/N=C\c3ccc(C(C)C)cc3)NC2=O)cc1. The molecule has 0 aliphatic carbocycles. The van der Waals surface area contributed by atoms with Gasteiger partial charge in [0.15, 0.2) is 5.17 Å². The van der Waals surface area contributed by atoms with Crippen LogP contribution >= 0.6 is 11.8 Å². The first-order valence-electron chi connectivity index (χ1n) is 8.86. The fourth-order valence-corrected chi connectivity index (χ4v) is 3.64. The number of nitrogens with zero attached hydrogens (tertiary/aromatic N) is 2. The summed E-state index contributed by atoms with van der Waals surface area (Å²) >= 11 is 1.41. The number of benzene rings is 2. The molecule has 1 aliphatic rings. The topological polar surface area (TPSA) is 63.1 Å². The van der Waals surface area contributed by atoms with Gasteiger partial charge in [-0.3, -0.25) is 4.79 Å². The summed E-state index contributed by atoms with van der Waals surface area (Å²) in [5, 5.41) is 11.4. The lowest BCUT2D eigenvalue weighted by Crippen LogP contribution is -2.25. The van der Waals surface area contributed by atoms with Gasteiger partial charge in [0.25, 0.3) is 0 Å². The first kappa shape index (κ1) is 19.2. The third-order valence-corrected chi connectivity index (χ3v) is 5.39. The molecule has 0 saturated carbocycles. The summed E-state index contributed by atoms with van der Waals surface area (Å²) in [4.78, 5) is 12.2. The highest BCUT2D eigenvalue weighted by Gasteiger charge is 2.30. The van der Waals surface area contributed by atoms with Crippen LogP contribution in [0, 0.1) is 0 Å². The second kappa shape index (κ2) is 8.86. The Kier molecular flexibility index (Phi) is 6.29. The van der Waals surface area contributed by atoms with E-state index in [1.807, 2.05) is 36.4 Å². The van der Waals surface area contributed by atoms with Gasteiger partial charge in [-0.2, -0.15) is 5.10 Å². The van der Waals surface area contributed by atoms with Gasteiger partial charge in [-0.1, -0.05) is 62.0 Å². The first-order chi connectivity index (χ1) is 13.0. The number of thioether (sulfide) groups is 1. The number of carbonyl (C=O) groups excluding carboxylic acids is 1. The van der Waals surface area contributed by atoms with E-state index in [-0.39, 0.29) is 11.2 Å². The number of amidine groups is 1. The largest absolute Gasteiger partial charge is 0.497 e. The van der Waals surface area contributed by atoms with E-state index in [1.165, 1.54) is 17.3 Å². The third kappa shape index (κ3) is 5.20. The van der Waals surface area contributed by atoms with E-state index in [0.29, 0.717) is 17.5 Å². The van der Waals surface area contributed by atoms with Gasteiger partial charge in [0.1, 0.15) is 5.75 Å². The molecule has 1 heterocycles. The van der Waals surface area contributed by atoms with Crippen molar-refractivity contribution in [2.75, 3.05) is 7.11 Å². The van der Waals surface area contributed by atoms with Crippen LogP contribution in [-0.2, 0) is 11.2 Å². The Morgan fingerprint density at radius 2 is 1.85 bits per heavy atom. The highest BCUT2D eigenvalue weighted by molar-refractivity contribution is 8.15. The molecule has 1 saturated heterocycles. The van der Waals surface area contributed by atoms with Gasteiger partial charge in [-0.05, 0) is 41.2 Å². The Morgan fingerprint density at radius 3 is 2.48 bits per heavy atom. The van der Waals surface area contributed by atoms with E-state index in [2.05, 4.69) is 41.5 Å². The van der Waals surface area contributed by atoms with Crippen LogP contribution in [0.2, 0.25) is 0 Å². The van der Waals surface area contributed by atoms with Crippen molar-refractivity contribution in [3.05, 3.63) is 65.2 Å². The molecule has 1 fully saturated rings. The number of hydrogen-bond acceptors (Lipinski definition) is 5. The van der Waals surface area contributed by atoms with Gasteiger partial charge >= 0.3 is 0 Å². The molecular formula is C21H23N3O2S. The number of carbonyl (C=O) groups is 1. The van der Waals surface area contributed by atoms with Crippen molar-refractivity contribution in [3.8, 4) is 5.75 Å². The van der Waals surface area contributed by atoms with Crippen molar-refractivity contribution >= 4 is 29.1 Å². The maximum atomic E-state index is 12.2. The van der Waals surface area contributed by atoms with Crippen LogP contribution in [0.15, 0.2) is 58.7 Å². The van der Waals surface area contributed by atoms with Crippen molar-refractivity contribution in [2.24, 2.45) is 10.2 Å². The van der Waals surface area contributed by atoms with Crippen LogP contribution in [0.5, 0.6) is 5.75 Å². The molecule has 0 unspecified atom stereocenters. The molecule has 2 aromatic rings. The Bertz CT molecular complexity index is 843. The van der Waals surface area contributed by atoms with Gasteiger partial charge in [-0.15, -0.1) is 5.10 Å². The molecule has 0 radical (unpaired) electrons. The van der Waals surface area contributed by atoms with Gasteiger partial charge in [0.2, 0.25) is 5.91 Å². The van der Waals surface area contributed by atoms with E-state index < -0.39 is 0 Å². The Hall–Kier alpha value is -2.60. The van der Waals surface area contributed by atoms with Crippen LogP contribution in [0.3, 0.4) is 0 Å². The number of amides is 1. The van der Waals surface area contributed by atoms with Gasteiger partial charge in [0.05, 0.1) is 18.6 Å². The standard InChI is InChI=1S/C21H23N3O2S/c1-14(2)17-8-4-16(5-9-17)13-22-24-21-23-20(25)19(27-21)12-15-6-10-18(26-3)11-7-15/h4-11,13-14,19H,12H2,1-3H3,(H,23,24,25)/b22-13-/t19-/m0/s1. The van der Waals surface area contributed by atoms with E-state index in [9.17, 15) is 4.79 Å². The van der Waals surface area contributed by atoms with Crippen molar-refractivity contribution in [2.45, 2.75) is 31.4 Å². The summed E-state index contributed by atoms with van der Waals surface area (Å²) in [7, 11) is 1.64. The maximum absolute atomic E-state index is 12.2. The van der Waals surface area contributed by atoms with Crippen molar-refractivity contribution in [1.29, 1.82) is 0 Å². The third-order valence-electron chi connectivity index (χ3n) is 4.32. The lowest BCUT2D eigenvalue weighted by atomic mass is 10.0. The maximum Gasteiger partial charge on any atom is 0.239 e. The highest BCUT2D eigenvalue weighted by Crippen LogP contribution is 2.24. The normalized spacial score (nSPS) is 18.4. The smallest absolute Gasteiger partial charge is 0.239 e. The van der Waals surface area contributed by atoms with Gasteiger partial charge in [-0.25, -0.2) is 0 Å². The minimum atomic E-state index is -0.197. The molecule has 5 nitrogen and oxygen atoms in total. The summed E-state index contributed by atoms with van der Waals surface area (Å²) in [6.45, 7) is 4.33. The van der Waals surface area contributed by atoms with Crippen molar-refractivity contribution < 1.29 is 9.53 Å². The molecule has 0 spiro atoms. The summed E-state index contributed by atoms with van der Waals surface area (Å²) < 4.78 is 5.16. The fourth-order valence-electron chi connectivity index (χ4n) is 2.68. The molecule has 1 aliphatic heterocycles. The van der Waals surface area contributed by atoms with Gasteiger partial charge < -0.3 is 10.1 Å². The summed E-state index contributed by atoms with van der Waals surface area (Å²) in [5.41, 5.74) is 3.35. The zero-order chi connectivity index (χ0) is 19.2. The molecule has 3 rings (SSSR count). The van der Waals surface area contributed by atoms with Crippen LogP contribution in [0.25, 0.3) is 0 Å². The quantitative estimate of drug-likeness (QED) is 0.608. The zero-order valence-electron chi connectivity index (χ0n) is 15.7. The minimum absolute atomic E-state index is 0.0361. The number of hydrogen-bond donors (Lipinski definition) is 1. The molecule has 0 bridgehead atoms. The van der Waals surface area contributed by atoms with Crippen LogP contribution in [0.1, 0.15) is 36.5 Å². The average molecular weight is 382 g/mol. The molecule has 1 atom stereocenters. The predicted molar refractivity (Wildman–Crippen MR) is 112 cm³/mol. The molecule has 1 N–H and O–H groups in total. The van der Waals surface area contributed by atoms with Crippen molar-refractivity contribution in [1.82, 2.24) is 5.32 Å². The van der Waals surface area contributed by atoms with Crippen LogP contribution in [-0.4, -0.2) is 29.6 Å². The lowest BCUT2D eigenvalue weighted by Gasteiger charge is -2.06. The Morgan fingerprint density at radius 1 is 1.15 bits per heavy atom. The highest BCUT2D eigenvalue weighted by atomic mass is 32.2. The summed E-state index contributed by atoms with van der Waals surface area (Å²) in [6, 6.07) is 16.0. The average Bonchev–Trinajstić information content (AvgIpc) is 3.02. The first-order valence-corrected chi connectivity index (χ1v) is 9.74. The lowest BCUT2D eigenvalue weighted by molar-refractivity contribution is -0.118. The zero-order valence-corrected chi connectivity index (χ0v) is 16.5. The molecule has 140 valence electrons. The Balaban J connectivity index is 1.58. The van der Waals surface area contributed by atoms with E-state index in [1.54, 1.807) is 13.3 Å². The molecule has 27 heavy (non-hydrogen) atoms. The second-order valence-electron chi connectivity index (χ2n) is 6.62. The van der Waals surface area contributed by atoms with E-state index in [4.69, 9.17) is 4.74 Å². The number of nitrogens with one attached hydrogen (secondary N) is 1. The molecular weight excluding hydrogens is 358 g/mol.